The summed E-state index contributed by atoms with van der Waals surface area (Å²) >= 11 is 0. The van der Waals surface area contributed by atoms with Crippen molar-refractivity contribution in [2.45, 2.75) is 56.0 Å². The van der Waals surface area contributed by atoms with Crippen LogP contribution in [0, 0.1) is 12.8 Å². The molecule has 0 amide bonds. The van der Waals surface area contributed by atoms with Crippen LogP contribution in [0.25, 0.3) is 0 Å². The molecular weight excluding hydrogens is 404 g/mol. The number of hydrogen-bond acceptors (Lipinski definition) is 7. The van der Waals surface area contributed by atoms with Crippen LogP contribution in [0.4, 0.5) is 0 Å². The van der Waals surface area contributed by atoms with E-state index in [1.54, 1.807) is 12.1 Å². The third-order valence-electron chi connectivity index (χ3n) is 4.50. The van der Waals surface area contributed by atoms with Gasteiger partial charge in [0, 0.05) is 0 Å². The molecule has 2 atom stereocenters. The SMILES string of the molecule is Cc1ccc(S(=O)(=O)c2cccc(OC(=O)[C@H](C)N)c2C(=O)[C@@H](N)CC(C)C)cc1. The lowest BCUT2D eigenvalue weighted by molar-refractivity contribution is -0.135. The fraction of sp³-hybridized carbons (Fsp3) is 0.364. The van der Waals surface area contributed by atoms with Crippen LogP contribution in [0.2, 0.25) is 0 Å². The maximum atomic E-state index is 13.3. The Bertz CT molecular complexity index is 1030. The van der Waals surface area contributed by atoms with Crippen LogP contribution in [0.15, 0.2) is 52.3 Å². The fourth-order valence-corrected chi connectivity index (χ4v) is 4.38. The number of aryl methyl sites for hydroxylation is 1. The summed E-state index contributed by atoms with van der Waals surface area (Å²) in [6.45, 7) is 7.07. The summed E-state index contributed by atoms with van der Waals surface area (Å²) in [4.78, 5) is 25.0. The summed E-state index contributed by atoms with van der Waals surface area (Å²) in [6.07, 6.45) is 0.346. The molecule has 0 heterocycles. The molecule has 0 radical (unpaired) electrons. The second-order valence-electron chi connectivity index (χ2n) is 7.76. The molecule has 0 fully saturated rings. The number of ether oxygens (including phenoxy) is 1. The van der Waals surface area contributed by atoms with E-state index in [2.05, 4.69) is 0 Å². The van der Waals surface area contributed by atoms with Crippen molar-refractivity contribution < 1.29 is 22.7 Å². The number of nitrogens with two attached hydrogens (primary N) is 2. The van der Waals surface area contributed by atoms with Crippen LogP contribution < -0.4 is 16.2 Å². The first kappa shape index (κ1) is 23.7. The minimum atomic E-state index is -4.07. The van der Waals surface area contributed by atoms with Crippen LogP contribution in [0.5, 0.6) is 5.75 Å². The van der Waals surface area contributed by atoms with Crippen LogP contribution in [-0.4, -0.2) is 32.3 Å². The van der Waals surface area contributed by atoms with Crippen LogP contribution >= 0.6 is 0 Å². The van der Waals surface area contributed by atoms with Gasteiger partial charge in [0.2, 0.25) is 9.84 Å². The Balaban J connectivity index is 2.68. The Labute approximate surface area is 177 Å². The van der Waals surface area contributed by atoms with E-state index in [-0.39, 0.29) is 27.0 Å². The van der Waals surface area contributed by atoms with Gasteiger partial charge in [-0.2, -0.15) is 0 Å². The molecule has 0 aromatic heterocycles. The topological polar surface area (TPSA) is 130 Å². The molecule has 2 rings (SSSR count). The number of hydrogen-bond donors (Lipinski definition) is 2. The van der Waals surface area contributed by atoms with Crippen LogP contribution in [0.1, 0.15) is 43.1 Å². The molecule has 0 aliphatic rings. The molecule has 0 aliphatic carbocycles. The van der Waals surface area contributed by atoms with Gasteiger partial charge in [-0.1, -0.05) is 37.6 Å². The van der Waals surface area contributed by atoms with Crippen molar-refractivity contribution in [2.24, 2.45) is 17.4 Å². The van der Waals surface area contributed by atoms with Crippen molar-refractivity contribution in [3.05, 3.63) is 53.6 Å². The molecule has 0 spiro atoms. The second kappa shape index (κ2) is 9.51. The van der Waals surface area contributed by atoms with Gasteiger partial charge in [0.1, 0.15) is 11.8 Å². The molecule has 2 aromatic carbocycles. The highest BCUT2D eigenvalue weighted by molar-refractivity contribution is 7.91. The van der Waals surface area contributed by atoms with Crippen molar-refractivity contribution in [3.8, 4) is 5.75 Å². The molecule has 0 unspecified atom stereocenters. The Morgan fingerprint density at radius 1 is 1.00 bits per heavy atom. The van der Waals surface area contributed by atoms with E-state index < -0.39 is 33.7 Å². The van der Waals surface area contributed by atoms with Crippen LogP contribution in [0.3, 0.4) is 0 Å². The molecule has 0 bridgehead atoms. The predicted molar refractivity (Wildman–Crippen MR) is 114 cm³/mol. The average molecular weight is 433 g/mol. The first-order chi connectivity index (χ1) is 13.9. The van der Waals surface area contributed by atoms with Gasteiger partial charge in [0.05, 0.1) is 21.4 Å². The maximum Gasteiger partial charge on any atom is 0.328 e. The predicted octanol–water partition coefficient (Wildman–Crippen LogP) is 2.64. The number of carbonyl (C=O) groups excluding carboxylic acids is 2. The molecule has 2 aromatic rings. The summed E-state index contributed by atoms with van der Waals surface area (Å²) in [7, 11) is -4.07. The standard InChI is InChI=1S/C22H28N2O5S/c1-13(2)12-17(24)21(25)20-18(29-22(26)15(4)23)6-5-7-19(20)30(27,28)16-10-8-14(3)9-11-16/h5-11,13,15,17H,12,23-24H2,1-4H3/t15-,17-/m0/s1. The van der Waals surface area contributed by atoms with E-state index in [4.69, 9.17) is 16.2 Å². The summed E-state index contributed by atoms with van der Waals surface area (Å²) in [6, 6.07) is 8.45. The minimum absolute atomic E-state index is 0.0234. The van der Waals surface area contributed by atoms with Gasteiger partial charge < -0.3 is 16.2 Å². The van der Waals surface area contributed by atoms with E-state index in [1.165, 1.54) is 37.3 Å². The number of esters is 1. The van der Waals surface area contributed by atoms with Gasteiger partial charge in [0.25, 0.3) is 0 Å². The van der Waals surface area contributed by atoms with E-state index in [1.807, 2.05) is 20.8 Å². The number of rotatable bonds is 8. The average Bonchev–Trinajstić information content (AvgIpc) is 2.67. The molecule has 30 heavy (non-hydrogen) atoms. The van der Waals surface area contributed by atoms with Crippen molar-refractivity contribution in [1.82, 2.24) is 0 Å². The molecular formula is C22H28N2O5S. The van der Waals surface area contributed by atoms with Crippen molar-refractivity contribution in [2.75, 3.05) is 0 Å². The molecule has 4 N–H and O–H groups in total. The van der Waals surface area contributed by atoms with Crippen molar-refractivity contribution >= 4 is 21.6 Å². The first-order valence-electron chi connectivity index (χ1n) is 9.67. The van der Waals surface area contributed by atoms with Crippen molar-refractivity contribution in [3.63, 3.8) is 0 Å². The normalized spacial score (nSPS) is 13.7. The molecule has 0 aliphatic heterocycles. The number of Topliss-reactive ketones (excluding diaryl/α,β-unsaturated/α-hetero) is 1. The lowest BCUT2D eigenvalue weighted by Gasteiger charge is -2.19. The minimum Gasteiger partial charge on any atom is -0.425 e. The lowest BCUT2D eigenvalue weighted by atomic mass is 9.96. The number of carbonyl (C=O) groups is 2. The van der Waals surface area contributed by atoms with E-state index in [9.17, 15) is 18.0 Å². The van der Waals surface area contributed by atoms with Gasteiger partial charge in [0.15, 0.2) is 5.78 Å². The van der Waals surface area contributed by atoms with E-state index in [0.29, 0.717) is 6.42 Å². The summed E-state index contributed by atoms with van der Waals surface area (Å²) in [5.41, 5.74) is 12.3. The quantitative estimate of drug-likeness (QED) is 0.372. The fourth-order valence-electron chi connectivity index (χ4n) is 2.91. The highest BCUT2D eigenvalue weighted by Gasteiger charge is 2.31. The Morgan fingerprint density at radius 3 is 2.13 bits per heavy atom. The summed E-state index contributed by atoms with van der Waals surface area (Å²) in [5, 5.41) is 0. The van der Waals surface area contributed by atoms with Crippen LogP contribution in [-0.2, 0) is 14.6 Å². The monoisotopic (exact) mass is 432 g/mol. The van der Waals surface area contributed by atoms with Gasteiger partial charge in [-0.3, -0.25) is 4.79 Å². The largest absolute Gasteiger partial charge is 0.425 e. The van der Waals surface area contributed by atoms with Gasteiger partial charge >= 0.3 is 5.97 Å². The Hall–Kier alpha value is -2.55. The highest BCUT2D eigenvalue weighted by atomic mass is 32.2. The number of benzene rings is 2. The smallest absolute Gasteiger partial charge is 0.328 e. The molecule has 0 saturated heterocycles. The number of ketones is 1. The third kappa shape index (κ3) is 5.33. The first-order valence-corrected chi connectivity index (χ1v) is 11.1. The Kier molecular flexibility index (Phi) is 7.52. The second-order valence-corrected chi connectivity index (χ2v) is 9.67. The summed E-state index contributed by atoms with van der Waals surface area (Å²) < 4.78 is 31.9. The summed E-state index contributed by atoms with van der Waals surface area (Å²) in [5.74, 6) is -1.46. The lowest BCUT2D eigenvalue weighted by Crippen LogP contribution is -2.35. The molecule has 7 nitrogen and oxygen atoms in total. The number of sulfone groups is 1. The van der Waals surface area contributed by atoms with E-state index in [0.717, 1.165) is 5.56 Å². The third-order valence-corrected chi connectivity index (χ3v) is 6.31. The molecule has 0 saturated carbocycles. The van der Waals surface area contributed by atoms with E-state index >= 15 is 0 Å². The molecule has 8 heteroatoms. The maximum absolute atomic E-state index is 13.3. The van der Waals surface area contributed by atoms with Gasteiger partial charge in [-0.05, 0) is 50.5 Å². The Morgan fingerprint density at radius 2 is 1.60 bits per heavy atom. The molecule has 162 valence electrons. The van der Waals surface area contributed by atoms with Crippen molar-refractivity contribution in [1.29, 1.82) is 0 Å². The zero-order valence-corrected chi connectivity index (χ0v) is 18.4. The zero-order chi connectivity index (χ0) is 22.6. The zero-order valence-electron chi connectivity index (χ0n) is 17.6. The van der Waals surface area contributed by atoms with Gasteiger partial charge in [-0.15, -0.1) is 0 Å². The highest BCUT2D eigenvalue weighted by Crippen LogP contribution is 2.32. The van der Waals surface area contributed by atoms with Gasteiger partial charge in [-0.25, -0.2) is 13.2 Å².